The summed E-state index contributed by atoms with van der Waals surface area (Å²) < 4.78 is 0. The molecule has 5 atom stereocenters. The number of carboxylic acid groups (broad SMARTS) is 2. The van der Waals surface area contributed by atoms with E-state index in [0.717, 1.165) is 0 Å². The third-order valence-corrected chi connectivity index (χ3v) is 4.98. The van der Waals surface area contributed by atoms with Gasteiger partial charge in [0.15, 0.2) is 0 Å². The molecule has 0 rings (SSSR count). The molecule has 0 aromatic rings. The van der Waals surface area contributed by atoms with Crippen LogP contribution in [-0.2, 0) is 24.0 Å². The van der Waals surface area contributed by atoms with Gasteiger partial charge in [0.05, 0.1) is 12.6 Å². The standard InChI is InChI=1S/C20H36N4O8/c1-5-11(4)16(21)19(30)23-13(8-10(2)3)17(28)24-14(9-25)18(29)22-12(20(31)32)6-7-15(26)27/h10-14,16,25H,5-9,21H2,1-4H3,(H,22,29)(H,23,30)(H,24,28)(H,26,27)(H,31,32). The topological polar surface area (TPSA) is 208 Å². The number of aliphatic hydroxyl groups excluding tert-OH is 1. The van der Waals surface area contributed by atoms with Crippen LogP contribution < -0.4 is 21.7 Å². The molecule has 0 radical (unpaired) electrons. The van der Waals surface area contributed by atoms with Crippen LogP contribution in [0.1, 0.15) is 53.4 Å². The first-order valence-corrected chi connectivity index (χ1v) is 10.6. The Bertz CT molecular complexity index is 670. The summed E-state index contributed by atoms with van der Waals surface area (Å²) in [6.07, 6.45) is 0.0320. The van der Waals surface area contributed by atoms with E-state index in [1.165, 1.54) is 0 Å². The number of aliphatic carboxylic acids is 2. The predicted octanol–water partition coefficient (Wildman–Crippen LogP) is -1.20. The van der Waals surface area contributed by atoms with E-state index in [1.807, 2.05) is 20.8 Å². The minimum Gasteiger partial charge on any atom is -0.481 e. The van der Waals surface area contributed by atoms with E-state index in [-0.39, 0.29) is 24.7 Å². The molecule has 0 aliphatic heterocycles. The molecular formula is C20H36N4O8. The normalized spacial score (nSPS) is 15.7. The summed E-state index contributed by atoms with van der Waals surface area (Å²) in [5.74, 6) is -5.07. The van der Waals surface area contributed by atoms with Crippen LogP contribution in [0.5, 0.6) is 0 Å². The smallest absolute Gasteiger partial charge is 0.326 e. The number of aliphatic hydroxyl groups is 1. The van der Waals surface area contributed by atoms with E-state index in [1.54, 1.807) is 6.92 Å². The van der Waals surface area contributed by atoms with Crippen molar-refractivity contribution in [1.29, 1.82) is 0 Å². The first-order chi connectivity index (χ1) is 14.8. The summed E-state index contributed by atoms with van der Waals surface area (Å²) in [7, 11) is 0. The summed E-state index contributed by atoms with van der Waals surface area (Å²) in [5, 5.41) is 34.4. The molecule has 0 heterocycles. The van der Waals surface area contributed by atoms with Gasteiger partial charge in [-0.05, 0) is 24.7 Å². The Labute approximate surface area is 187 Å². The number of hydrogen-bond donors (Lipinski definition) is 7. The van der Waals surface area contributed by atoms with Crippen LogP contribution in [0.15, 0.2) is 0 Å². The van der Waals surface area contributed by atoms with E-state index < -0.39 is 66.9 Å². The zero-order valence-electron chi connectivity index (χ0n) is 19.0. The number of carbonyl (C=O) groups is 5. The average Bonchev–Trinajstić information content (AvgIpc) is 2.71. The van der Waals surface area contributed by atoms with Crippen LogP contribution in [0.4, 0.5) is 0 Å². The summed E-state index contributed by atoms with van der Waals surface area (Å²) in [4.78, 5) is 59.4. The Morgan fingerprint density at radius 1 is 0.844 bits per heavy atom. The van der Waals surface area contributed by atoms with Crippen molar-refractivity contribution < 1.29 is 39.3 Å². The van der Waals surface area contributed by atoms with Crippen LogP contribution in [-0.4, -0.2) is 75.8 Å². The largest absolute Gasteiger partial charge is 0.481 e. The Kier molecular flexibility index (Phi) is 13.1. The van der Waals surface area contributed by atoms with Gasteiger partial charge in [-0.25, -0.2) is 4.79 Å². The van der Waals surface area contributed by atoms with Crippen molar-refractivity contribution in [3.8, 4) is 0 Å². The molecule has 0 fully saturated rings. The average molecular weight is 461 g/mol. The molecule has 184 valence electrons. The molecule has 0 spiro atoms. The molecule has 0 aromatic carbocycles. The van der Waals surface area contributed by atoms with E-state index in [4.69, 9.17) is 15.9 Å². The molecule has 12 nitrogen and oxygen atoms in total. The number of amides is 3. The first-order valence-electron chi connectivity index (χ1n) is 10.6. The quantitative estimate of drug-likeness (QED) is 0.156. The van der Waals surface area contributed by atoms with Crippen LogP contribution in [0, 0.1) is 11.8 Å². The molecule has 0 aromatic heterocycles. The SMILES string of the molecule is CCC(C)C(N)C(=O)NC(CC(C)C)C(=O)NC(CO)C(=O)NC(CCC(=O)O)C(=O)O. The lowest BCUT2D eigenvalue weighted by Crippen LogP contribution is -2.58. The Morgan fingerprint density at radius 3 is 1.78 bits per heavy atom. The van der Waals surface area contributed by atoms with Gasteiger partial charge in [-0.3, -0.25) is 19.2 Å². The third-order valence-electron chi connectivity index (χ3n) is 4.98. The van der Waals surface area contributed by atoms with Gasteiger partial charge in [0.1, 0.15) is 18.1 Å². The van der Waals surface area contributed by atoms with E-state index in [0.29, 0.717) is 6.42 Å². The minimum atomic E-state index is -1.51. The molecular weight excluding hydrogens is 424 g/mol. The second kappa shape index (κ2) is 14.4. The van der Waals surface area contributed by atoms with Gasteiger partial charge in [-0.1, -0.05) is 34.1 Å². The summed E-state index contributed by atoms with van der Waals surface area (Å²) >= 11 is 0. The number of carbonyl (C=O) groups excluding carboxylic acids is 3. The van der Waals surface area contributed by atoms with Gasteiger partial charge >= 0.3 is 11.9 Å². The van der Waals surface area contributed by atoms with Crippen molar-refractivity contribution in [2.24, 2.45) is 17.6 Å². The molecule has 8 N–H and O–H groups in total. The van der Waals surface area contributed by atoms with Crippen molar-refractivity contribution in [2.75, 3.05) is 6.61 Å². The highest BCUT2D eigenvalue weighted by Crippen LogP contribution is 2.09. The highest BCUT2D eigenvalue weighted by Gasteiger charge is 2.31. The second-order valence-electron chi connectivity index (χ2n) is 8.18. The zero-order chi connectivity index (χ0) is 25.0. The molecule has 0 saturated heterocycles. The molecule has 0 aliphatic carbocycles. The lowest BCUT2D eigenvalue weighted by atomic mass is 9.97. The van der Waals surface area contributed by atoms with Crippen LogP contribution in [0.2, 0.25) is 0 Å². The molecule has 0 saturated carbocycles. The maximum Gasteiger partial charge on any atom is 0.326 e. The van der Waals surface area contributed by atoms with Crippen molar-refractivity contribution in [1.82, 2.24) is 16.0 Å². The van der Waals surface area contributed by atoms with Crippen molar-refractivity contribution in [3.05, 3.63) is 0 Å². The highest BCUT2D eigenvalue weighted by molar-refractivity contribution is 5.94. The van der Waals surface area contributed by atoms with Gasteiger partial charge in [-0.15, -0.1) is 0 Å². The second-order valence-corrected chi connectivity index (χ2v) is 8.18. The van der Waals surface area contributed by atoms with Gasteiger partial charge in [-0.2, -0.15) is 0 Å². The fourth-order valence-corrected chi connectivity index (χ4v) is 2.75. The molecule has 12 heteroatoms. The maximum absolute atomic E-state index is 12.7. The zero-order valence-corrected chi connectivity index (χ0v) is 19.0. The highest BCUT2D eigenvalue weighted by atomic mass is 16.4. The lowest BCUT2D eigenvalue weighted by Gasteiger charge is -2.26. The van der Waals surface area contributed by atoms with Crippen molar-refractivity contribution in [3.63, 3.8) is 0 Å². The van der Waals surface area contributed by atoms with Crippen LogP contribution in [0.3, 0.4) is 0 Å². The number of rotatable bonds is 15. The van der Waals surface area contributed by atoms with Gasteiger partial charge < -0.3 is 37.0 Å². The molecule has 32 heavy (non-hydrogen) atoms. The fourth-order valence-electron chi connectivity index (χ4n) is 2.75. The van der Waals surface area contributed by atoms with E-state index >= 15 is 0 Å². The van der Waals surface area contributed by atoms with Gasteiger partial charge in [0, 0.05) is 6.42 Å². The van der Waals surface area contributed by atoms with Crippen molar-refractivity contribution in [2.45, 2.75) is 77.5 Å². The first kappa shape index (κ1) is 29.3. The molecule has 5 unspecified atom stereocenters. The molecule has 0 aliphatic rings. The van der Waals surface area contributed by atoms with Gasteiger partial charge in [0.25, 0.3) is 0 Å². The Morgan fingerprint density at radius 2 is 1.34 bits per heavy atom. The summed E-state index contributed by atoms with van der Waals surface area (Å²) in [5.41, 5.74) is 5.91. The molecule has 3 amide bonds. The number of nitrogens with one attached hydrogen (secondary N) is 3. The van der Waals surface area contributed by atoms with Gasteiger partial charge in [0.2, 0.25) is 17.7 Å². The van der Waals surface area contributed by atoms with Crippen LogP contribution in [0.25, 0.3) is 0 Å². The summed E-state index contributed by atoms with van der Waals surface area (Å²) in [6.45, 7) is 6.50. The Balaban J connectivity index is 5.27. The third kappa shape index (κ3) is 10.5. The fraction of sp³-hybridized carbons (Fsp3) is 0.750. The molecule has 0 bridgehead atoms. The van der Waals surface area contributed by atoms with Crippen LogP contribution >= 0.6 is 0 Å². The van der Waals surface area contributed by atoms with E-state index in [9.17, 15) is 29.1 Å². The van der Waals surface area contributed by atoms with Crippen molar-refractivity contribution >= 4 is 29.7 Å². The number of carboxylic acids is 2. The lowest BCUT2D eigenvalue weighted by molar-refractivity contribution is -0.143. The minimum absolute atomic E-state index is 0.000291. The number of nitrogens with two attached hydrogens (primary N) is 1. The maximum atomic E-state index is 12.7. The van der Waals surface area contributed by atoms with E-state index in [2.05, 4.69) is 16.0 Å². The number of hydrogen-bond acceptors (Lipinski definition) is 7. The monoisotopic (exact) mass is 460 g/mol. The summed E-state index contributed by atoms with van der Waals surface area (Å²) in [6, 6.07) is -4.86. The predicted molar refractivity (Wildman–Crippen MR) is 114 cm³/mol. The Hall–Kier alpha value is -2.73.